The number of rotatable bonds is 10. The highest BCUT2D eigenvalue weighted by atomic mass is 32.2. The number of carbonyl (C=O) groups is 1. The Balaban J connectivity index is 1.31. The van der Waals surface area contributed by atoms with Crippen molar-refractivity contribution in [3.8, 4) is 11.1 Å². The lowest BCUT2D eigenvalue weighted by molar-refractivity contribution is -0.245. The molecule has 1 saturated heterocycles. The summed E-state index contributed by atoms with van der Waals surface area (Å²) in [6.07, 6.45) is 3.78. The molecule has 5 rings (SSSR count). The Hall–Kier alpha value is -3.63. The van der Waals surface area contributed by atoms with Gasteiger partial charge in [0.05, 0.1) is 18.8 Å². The summed E-state index contributed by atoms with van der Waals surface area (Å²) in [4.78, 5) is 16.2. The highest BCUT2D eigenvalue weighted by molar-refractivity contribution is 7.99. The van der Waals surface area contributed by atoms with E-state index in [2.05, 4.69) is 52.0 Å². The van der Waals surface area contributed by atoms with Gasteiger partial charge in [0.2, 0.25) is 0 Å². The Labute approximate surface area is 245 Å². The van der Waals surface area contributed by atoms with Crippen molar-refractivity contribution in [1.29, 1.82) is 0 Å². The molecule has 3 aromatic carbocycles. The summed E-state index contributed by atoms with van der Waals surface area (Å²) < 4.78 is 15.0. The van der Waals surface area contributed by atoms with E-state index < -0.39 is 6.29 Å². The van der Waals surface area contributed by atoms with E-state index >= 15 is 0 Å². The average molecular weight is 573 g/mol. The fraction of sp³-hybridized carbons (Fsp3) is 0.312. The van der Waals surface area contributed by atoms with Gasteiger partial charge < -0.3 is 29.8 Å². The van der Waals surface area contributed by atoms with E-state index in [1.165, 1.54) is 0 Å². The number of aryl methyl sites for hydroxylation is 1. The molecule has 0 saturated carbocycles. The van der Waals surface area contributed by atoms with Crippen LogP contribution in [0.25, 0.3) is 11.1 Å². The summed E-state index contributed by atoms with van der Waals surface area (Å²) in [5.74, 6) is 0.755. The third-order valence-electron chi connectivity index (χ3n) is 7.02. The van der Waals surface area contributed by atoms with Crippen molar-refractivity contribution in [2.75, 3.05) is 12.3 Å². The van der Waals surface area contributed by atoms with Gasteiger partial charge in [-0.15, -0.1) is 0 Å². The smallest absolute Gasteiger partial charge is 0.315 e. The van der Waals surface area contributed by atoms with Crippen LogP contribution in [-0.2, 0) is 29.7 Å². The van der Waals surface area contributed by atoms with Crippen LogP contribution in [0, 0.1) is 0 Å². The monoisotopic (exact) mass is 572 g/mol. The number of aliphatic hydroxyl groups excluding tert-OH is 1. The summed E-state index contributed by atoms with van der Waals surface area (Å²) in [6, 6.07) is 24.2. The quantitative estimate of drug-likeness (QED) is 0.210. The summed E-state index contributed by atoms with van der Waals surface area (Å²) in [5.41, 5.74) is 6.06. The zero-order valence-corrected chi connectivity index (χ0v) is 24.1. The molecule has 41 heavy (non-hydrogen) atoms. The Bertz CT molecular complexity index is 1420. The molecule has 3 atom stereocenters. The van der Waals surface area contributed by atoms with Gasteiger partial charge in [0.25, 0.3) is 0 Å². The molecule has 0 unspecified atom stereocenters. The van der Waals surface area contributed by atoms with Crippen molar-refractivity contribution >= 4 is 17.8 Å². The predicted octanol–water partition coefficient (Wildman–Crippen LogP) is 5.74. The minimum absolute atomic E-state index is 0.0143. The molecule has 2 amide bonds. The number of nitrogens with one attached hydrogen (secondary N) is 2. The van der Waals surface area contributed by atoms with Gasteiger partial charge in [0, 0.05) is 50.3 Å². The van der Waals surface area contributed by atoms with Gasteiger partial charge in [-0.05, 0) is 40.8 Å². The molecule has 0 spiro atoms. The Morgan fingerprint density at radius 1 is 1.00 bits per heavy atom. The van der Waals surface area contributed by atoms with Gasteiger partial charge >= 0.3 is 6.03 Å². The first-order valence-corrected chi connectivity index (χ1v) is 14.8. The van der Waals surface area contributed by atoms with E-state index in [-0.39, 0.29) is 24.8 Å². The van der Waals surface area contributed by atoms with Gasteiger partial charge in [-0.3, -0.25) is 0 Å². The lowest BCUT2D eigenvalue weighted by Crippen LogP contribution is -2.34. The first-order chi connectivity index (χ1) is 20.0. The number of ether oxygens (including phenoxy) is 2. The average Bonchev–Trinajstić information content (AvgIpc) is 3.43. The van der Waals surface area contributed by atoms with Gasteiger partial charge in [-0.1, -0.05) is 78.5 Å². The Morgan fingerprint density at radius 2 is 1.78 bits per heavy atom. The van der Waals surface area contributed by atoms with Crippen molar-refractivity contribution in [3.63, 3.8) is 0 Å². The SMILES string of the molecule is CCNC(=O)NCc1cccc(-c2ccc([C@H]3O[C@@H](CSc4nccn4C)C[C@@H](c4ccc(CO)cc4)O3)cc2)c1. The first-order valence-electron chi connectivity index (χ1n) is 13.8. The molecule has 2 heterocycles. The Morgan fingerprint density at radius 3 is 2.49 bits per heavy atom. The molecule has 0 radical (unpaired) electrons. The number of amides is 2. The molecule has 1 aliphatic rings. The number of aliphatic hydroxyl groups is 1. The lowest BCUT2D eigenvalue weighted by Gasteiger charge is -2.36. The topological polar surface area (TPSA) is 97.6 Å². The third-order valence-corrected chi connectivity index (χ3v) is 8.21. The molecule has 1 fully saturated rings. The Kier molecular flexibility index (Phi) is 9.74. The van der Waals surface area contributed by atoms with Crippen LogP contribution in [0.3, 0.4) is 0 Å². The van der Waals surface area contributed by atoms with Crippen LogP contribution in [0.1, 0.15) is 48.0 Å². The second-order valence-corrected chi connectivity index (χ2v) is 11.0. The summed E-state index contributed by atoms with van der Waals surface area (Å²) in [6.45, 7) is 2.96. The largest absolute Gasteiger partial charge is 0.392 e. The highest BCUT2D eigenvalue weighted by Gasteiger charge is 2.32. The number of thioether (sulfide) groups is 1. The number of urea groups is 1. The van der Waals surface area contributed by atoms with E-state index in [1.807, 2.05) is 61.1 Å². The molecular weight excluding hydrogens is 536 g/mol. The van der Waals surface area contributed by atoms with Crippen LogP contribution >= 0.6 is 11.8 Å². The molecule has 1 aliphatic heterocycles. The van der Waals surface area contributed by atoms with Crippen LogP contribution in [-0.4, -0.2) is 39.1 Å². The maximum atomic E-state index is 11.8. The normalized spacial score (nSPS) is 18.7. The van der Waals surface area contributed by atoms with Crippen molar-refractivity contribution in [2.24, 2.45) is 7.05 Å². The summed E-state index contributed by atoms with van der Waals surface area (Å²) in [5, 5.41) is 16.0. The van der Waals surface area contributed by atoms with Gasteiger partial charge in [-0.25, -0.2) is 9.78 Å². The van der Waals surface area contributed by atoms with Crippen molar-refractivity contribution in [2.45, 2.75) is 50.2 Å². The zero-order valence-electron chi connectivity index (χ0n) is 23.3. The van der Waals surface area contributed by atoms with Gasteiger partial charge in [0.15, 0.2) is 11.4 Å². The van der Waals surface area contributed by atoms with Crippen LogP contribution in [0.15, 0.2) is 90.3 Å². The second-order valence-electron chi connectivity index (χ2n) is 10.0. The lowest BCUT2D eigenvalue weighted by atomic mass is 9.99. The standard InChI is InChI=1S/C32H36N4O4S/c1-3-33-31(38)35-19-23-5-4-6-27(17-23)24-11-13-26(14-12-24)30-39-28(21-41-32-34-15-16-36(32)2)18-29(40-30)25-9-7-22(20-37)8-10-25/h4-17,28-30,37H,3,18-21H2,1-2H3,(H2,33,35,38)/t28-,29+,30+/m1/s1. The van der Waals surface area contributed by atoms with Gasteiger partial charge in [-0.2, -0.15) is 0 Å². The van der Waals surface area contributed by atoms with E-state index in [9.17, 15) is 9.90 Å². The first kappa shape index (κ1) is 28.9. The molecule has 9 heteroatoms. The molecule has 3 N–H and O–H groups in total. The third kappa shape index (κ3) is 7.56. The molecule has 8 nitrogen and oxygen atoms in total. The maximum Gasteiger partial charge on any atom is 0.315 e. The van der Waals surface area contributed by atoms with E-state index in [1.54, 1.807) is 18.0 Å². The summed E-state index contributed by atoms with van der Waals surface area (Å²) in [7, 11) is 1.99. The minimum atomic E-state index is -0.514. The molecule has 0 bridgehead atoms. The van der Waals surface area contributed by atoms with Crippen LogP contribution in [0.5, 0.6) is 0 Å². The van der Waals surface area contributed by atoms with Crippen LogP contribution in [0.4, 0.5) is 4.79 Å². The van der Waals surface area contributed by atoms with Crippen molar-refractivity contribution in [3.05, 3.63) is 107 Å². The number of imidazole rings is 1. The summed E-state index contributed by atoms with van der Waals surface area (Å²) >= 11 is 1.68. The number of hydrogen-bond donors (Lipinski definition) is 3. The van der Waals surface area contributed by atoms with Crippen LogP contribution in [0.2, 0.25) is 0 Å². The predicted molar refractivity (Wildman–Crippen MR) is 160 cm³/mol. The molecule has 214 valence electrons. The maximum absolute atomic E-state index is 11.8. The number of nitrogens with zero attached hydrogens (tertiary/aromatic N) is 2. The molecule has 4 aromatic rings. The number of aromatic nitrogens is 2. The molecular formula is C32H36N4O4S. The fourth-order valence-corrected chi connectivity index (χ4v) is 5.73. The number of benzene rings is 3. The number of hydrogen-bond acceptors (Lipinski definition) is 6. The van der Waals surface area contributed by atoms with E-state index in [0.29, 0.717) is 13.1 Å². The van der Waals surface area contributed by atoms with E-state index in [0.717, 1.165) is 50.7 Å². The minimum Gasteiger partial charge on any atom is -0.392 e. The fourth-order valence-electron chi connectivity index (χ4n) is 4.78. The van der Waals surface area contributed by atoms with Crippen molar-refractivity contribution < 1.29 is 19.4 Å². The van der Waals surface area contributed by atoms with Crippen LogP contribution < -0.4 is 10.6 Å². The number of carbonyl (C=O) groups excluding carboxylic acids is 1. The highest BCUT2D eigenvalue weighted by Crippen LogP contribution is 2.39. The van der Waals surface area contributed by atoms with Gasteiger partial charge in [0.1, 0.15) is 0 Å². The van der Waals surface area contributed by atoms with Crippen molar-refractivity contribution in [1.82, 2.24) is 20.2 Å². The molecule has 0 aliphatic carbocycles. The zero-order chi connectivity index (χ0) is 28.6. The second kappa shape index (κ2) is 13.8. The molecule has 1 aromatic heterocycles. The van der Waals surface area contributed by atoms with E-state index in [4.69, 9.17) is 9.47 Å².